The summed E-state index contributed by atoms with van der Waals surface area (Å²) in [4.78, 5) is 27.5. The Balaban J connectivity index is 1.51. The fourth-order valence-corrected chi connectivity index (χ4v) is 4.37. The van der Waals surface area contributed by atoms with E-state index in [1.165, 1.54) is 0 Å². The molecule has 0 saturated carbocycles. The molecule has 1 fully saturated rings. The summed E-state index contributed by atoms with van der Waals surface area (Å²) in [5.74, 6) is 0.820. The molecule has 0 spiro atoms. The number of nitrogens with zero attached hydrogens (tertiary/aromatic N) is 4. The number of piperidine rings is 1. The smallest absolute Gasteiger partial charge is 0.251 e. The highest BCUT2D eigenvalue weighted by Crippen LogP contribution is 2.22. The summed E-state index contributed by atoms with van der Waals surface area (Å²) in [6.45, 7) is 5.95. The van der Waals surface area contributed by atoms with Gasteiger partial charge >= 0.3 is 0 Å². The van der Waals surface area contributed by atoms with Gasteiger partial charge in [-0.25, -0.2) is 0 Å². The van der Waals surface area contributed by atoms with E-state index >= 15 is 0 Å². The minimum absolute atomic E-state index is 0.0675. The number of amides is 2. The van der Waals surface area contributed by atoms with Gasteiger partial charge in [0.25, 0.3) is 5.91 Å². The van der Waals surface area contributed by atoms with E-state index in [1.54, 1.807) is 0 Å². The molecule has 0 radical (unpaired) electrons. The third-order valence-corrected chi connectivity index (χ3v) is 6.18. The minimum atomic E-state index is -0.0913. The lowest BCUT2D eigenvalue weighted by molar-refractivity contribution is -0.134. The van der Waals surface area contributed by atoms with Crippen LogP contribution in [-0.2, 0) is 17.8 Å². The summed E-state index contributed by atoms with van der Waals surface area (Å²) in [6, 6.07) is 5.75. The van der Waals surface area contributed by atoms with Crippen LogP contribution in [-0.4, -0.2) is 56.9 Å². The zero-order valence-electron chi connectivity index (χ0n) is 18.3. The van der Waals surface area contributed by atoms with E-state index in [4.69, 9.17) is 4.74 Å². The molecular formula is C23H31N5O3. The number of hydrogen-bond acceptors (Lipinski definition) is 5. The second-order valence-electron chi connectivity index (χ2n) is 8.64. The zero-order chi connectivity index (χ0) is 21.8. The lowest BCUT2D eigenvalue weighted by Gasteiger charge is -2.38. The number of rotatable bonds is 0. The van der Waals surface area contributed by atoms with E-state index in [0.29, 0.717) is 31.7 Å². The summed E-state index contributed by atoms with van der Waals surface area (Å²) in [7, 11) is 0. The Morgan fingerprint density at radius 2 is 2.03 bits per heavy atom. The van der Waals surface area contributed by atoms with E-state index in [9.17, 15) is 9.59 Å². The molecule has 0 aliphatic carbocycles. The average molecular weight is 426 g/mol. The van der Waals surface area contributed by atoms with Gasteiger partial charge in [0.2, 0.25) is 5.91 Å². The molecule has 1 N–H and O–H groups in total. The highest BCUT2D eigenvalue weighted by Gasteiger charge is 2.29. The third kappa shape index (κ3) is 5.24. The predicted octanol–water partition coefficient (Wildman–Crippen LogP) is 2.50. The number of carbonyl (C=O) groups excluding carboxylic acids is 2. The Labute approximate surface area is 182 Å². The number of hydrogen-bond donors (Lipinski definition) is 1. The van der Waals surface area contributed by atoms with Crippen molar-refractivity contribution in [2.75, 3.05) is 13.2 Å². The maximum absolute atomic E-state index is 12.8. The second kappa shape index (κ2) is 9.49. The van der Waals surface area contributed by atoms with Crippen LogP contribution in [0.4, 0.5) is 0 Å². The highest BCUT2D eigenvalue weighted by atomic mass is 16.5. The molecule has 1 aromatic heterocycles. The molecule has 2 amide bonds. The molecular weight excluding hydrogens is 394 g/mol. The van der Waals surface area contributed by atoms with Gasteiger partial charge in [0.05, 0.1) is 12.3 Å². The second-order valence-corrected chi connectivity index (χ2v) is 8.64. The van der Waals surface area contributed by atoms with Crippen LogP contribution in [0.1, 0.15) is 60.6 Å². The average Bonchev–Trinajstić information content (AvgIpc) is 3.19. The van der Waals surface area contributed by atoms with Gasteiger partial charge in [0.1, 0.15) is 5.75 Å². The molecule has 2 aromatic rings. The van der Waals surface area contributed by atoms with Crippen LogP contribution in [0, 0.1) is 6.92 Å². The maximum Gasteiger partial charge on any atom is 0.251 e. The summed E-state index contributed by atoms with van der Waals surface area (Å²) >= 11 is 0. The van der Waals surface area contributed by atoms with Crippen LogP contribution in [0.2, 0.25) is 0 Å². The van der Waals surface area contributed by atoms with Crippen molar-refractivity contribution >= 4 is 11.8 Å². The van der Waals surface area contributed by atoms with Crippen LogP contribution < -0.4 is 10.1 Å². The summed E-state index contributed by atoms with van der Waals surface area (Å²) in [5, 5.41) is 11.6. The number of ether oxygens (including phenoxy) is 1. The van der Waals surface area contributed by atoms with E-state index in [2.05, 4.69) is 22.6 Å². The molecule has 5 rings (SSSR count). The van der Waals surface area contributed by atoms with Gasteiger partial charge in [0.15, 0.2) is 0 Å². The van der Waals surface area contributed by atoms with Gasteiger partial charge in [0, 0.05) is 49.8 Å². The van der Waals surface area contributed by atoms with Gasteiger partial charge in [-0.1, -0.05) is 11.3 Å². The van der Waals surface area contributed by atoms with Crippen molar-refractivity contribution in [1.29, 1.82) is 0 Å². The molecule has 8 nitrogen and oxygen atoms in total. The number of aryl methyl sites for hydroxylation is 3. The molecule has 31 heavy (non-hydrogen) atoms. The Bertz CT molecular complexity index is 941. The Morgan fingerprint density at radius 1 is 1.16 bits per heavy atom. The monoisotopic (exact) mass is 425 g/mol. The van der Waals surface area contributed by atoms with E-state index < -0.39 is 0 Å². The molecule has 1 saturated heterocycles. The van der Waals surface area contributed by atoms with E-state index in [-0.39, 0.29) is 23.9 Å². The van der Waals surface area contributed by atoms with Crippen molar-refractivity contribution in [3.05, 3.63) is 41.2 Å². The van der Waals surface area contributed by atoms with E-state index in [0.717, 1.165) is 49.1 Å². The molecule has 1 aromatic carbocycles. The zero-order valence-corrected chi connectivity index (χ0v) is 18.3. The first-order valence-corrected chi connectivity index (χ1v) is 11.2. The highest BCUT2D eigenvalue weighted by molar-refractivity contribution is 5.95. The number of carbonyl (C=O) groups is 2. The SMILES string of the molecule is Cc1ccc2cc1OCCCn1cc(nn1)CCCC(=O)N1CC[C@@H](C[C@H]1C)NC2=O. The molecule has 0 unspecified atom stereocenters. The quantitative estimate of drug-likeness (QED) is 0.701. The molecule has 166 valence electrons. The molecule has 2 atom stereocenters. The molecule has 8 heteroatoms. The maximum atomic E-state index is 12.8. The first-order valence-electron chi connectivity index (χ1n) is 11.2. The molecule has 3 aliphatic heterocycles. The molecule has 6 bridgehead atoms. The predicted molar refractivity (Wildman–Crippen MR) is 116 cm³/mol. The van der Waals surface area contributed by atoms with Gasteiger partial charge in [-0.15, -0.1) is 5.10 Å². The minimum Gasteiger partial charge on any atom is -0.493 e. The van der Waals surface area contributed by atoms with Crippen molar-refractivity contribution in [3.8, 4) is 5.75 Å². The standard InChI is InChI=1S/C23H31N5O3/c1-16-7-8-18-14-21(16)31-12-4-10-27-15-20(25-26-27)5-3-6-22(29)28-11-9-19(13-17(28)2)24-23(18)30/h7-8,14-15,17,19H,3-6,9-13H2,1-2H3,(H,24,30)/t17-,19+/m1/s1. The topological polar surface area (TPSA) is 89.3 Å². The van der Waals surface area contributed by atoms with Crippen molar-refractivity contribution in [1.82, 2.24) is 25.2 Å². The largest absolute Gasteiger partial charge is 0.493 e. The Hall–Kier alpha value is -2.90. The molecule has 4 heterocycles. The Kier molecular flexibility index (Phi) is 6.53. The van der Waals surface area contributed by atoms with Gasteiger partial charge in [-0.2, -0.15) is 0 Å². The van der Waals surface area contributed by atoms with Crippen molar-refractivity contribution < 1.29 is 14.3 Å². The van der Waals surface area contributed by atoms with Crippen LogP contribution in [0.5, 0.6) is 5.75 Å². The van der Waals surface area contributed by atoms with Gasteiger partial charge < -0.3 is 15.0 Å². The number of aromatic nitrogens is 3. The number of benzene rings is 1. The van der Waals surface area contributed by atoms with Gasteiger partial charge in [-0.05, 0) is 57.2 Å². The Morgan fingerprint density at radius 3 is 2.87 bits per heavy atom. The van der Waals surface area contributed by atoms with Crippen LogP contribution in [0.25, 0.3) is 0 Å². The van der Waals surface area contributed by atoms with Crippen LogP contribution in [0.3, 0.4) is 0 Å². The summed E-state index contributed by atoms with van der Waals surface area (Å²) in [5.41, 5.74) is 2.52. The number of fused-ring (bicyclic) bond motifs is 9. The molecule has 3 aliphatic rings. The van der Waals surface area contributed by atoms with Crippen LogP contribution in [0.15, 0.2) is 24.4 Å². The van der Waals surface area contributed by atoms with Crippen molar-refractivity contribution in [2.24, 2.45) is 0 Å². The van der Waals surface area contributed by atoms with Crippen LogP contribution >= 0.6 is 0 Å². The summed E-state index contributed by atoms with van der Waals surface area (Å²) in [6.07, 6.45) is 6.28. The number of nitrogens with one attached hydrogen (secondary N) is 1. The van der Waals surface area contributed by atoms with Crippen molar-refractivity contribution in [3.63, 3.8) is 0 Å². The lowest BCUT2D eigenvalue weighted by Crippen LogP contribution is -2.50. The van der Waals surface area contributed by atoms with Crippen molar-refractivity contribution in [2.45, 2.75) is 71.0 Å². The third-order valence-electron chi connectivity index (χ3n) is 6.18. The fourth-order valence-electron chi connectivity index (χ4n) is 4.37. The normalized spacial score (nSPS) is 23.2. The van der Waals surface area contributed by atoms with Gasteiger partial charge in [-0.3, -0.25) is 14.3 Å². The van der Waals surface area contributed by atoms with E-state index in [1.807, 2.05) is 40.9 Å². The summed E-state index contributed by atoms with van der Waals surface area (Å²) < 4.78 is 7.78. The fraction of sp³-hybridized carbons (Fsp3) is 0.565. The first-order chi connectivity index (χ1) is 15.0. The first kappa shape index (κ1) is 21.3. The lowest BCUT2D eigenvalue weighted by atomic mass is 9.97.